The summed E-state index contributed by atoms with van der Waals surface area (Å²) in [5.41, 5.74) is 6.56. The molecule has 0 heterocycles. The van der Waals surface area contributed by atoms with E-state index in [1.807, 2.05) is 12.1 Å². The first-order chi connectivity index (χ1) is 9.83. The van der Waals surface area contributed by atoms with E-state index in [0.717, 1.165) is 12.0 Å². The van der Waals surface area contributed by atoms with Gasteiger partial charge in [-0.2, -0.15) is 0 Å². The number of benzene rings is 2. The van der Waals surface area contributed by atoms with Gasteiger partial charge in [-0.15, -0.1) is 0 Å². The van der Waals surface area contributed by atoms with Gasteiger partial charge in [0.2, 0.25) is 0 Å². The summed E-state index contributed by atoms with van der Waals surface area (Å²) >= 11 is 0. The van der Waals surface area contributed by atoms with E-state index in [2.05, 4.69) is 36.4 Å². The van der Waals surface area contributed by atoms with Crippen LogP contribution in [0.25, 0.3) is 11.6 Å². The molecule has 0 fully saturated rings. The van der Waals surface area contributed by atoms with Gasteiger partial charge in [0.25, 0.3) is 0 Å². The van der Waals surface area contributed by atoms with Crippen molar-refractivity contribution in [2.24, 2.45) is 0 Å². The van der Waals surface area contributed by atoms with Crippen LogP contribution in [0.15, 0.2) is 60.2 Å². The zero-order chi connectivity index (χ0) is 13.5. The maximum absolute atomic E-state index is 13.1. The second kappa shape index (κ2) is 4.45. The molecule has 0 amide bonds. The van der Waals surface area contributed by atoms with Gasteiger partial charge in [-0.3, -0.25) is 0 Å². The maximum Gasteiger partial charge on any atom is 0.123 e. The molecule has 98 valence electrons. The summed E-state index contributed by atoms with van der Waals surface area (Å²) in [5.74, 6) is 0.335. The number of halogens is 1. The van der Waals surface area contributed by atoms with Gasteiger partial charge in [0, 0.05) is 5.92 Å². The van der Waals surface area contributed by atoms with Crippen molar-refractivity contribution < 1.29 is 4.39 Å². The van der Waals surface area contributed by atoms with E-state index >= 15 is 0 Å². The Bertz CT molecular complexity index is 720. The topological polar surface area (TPSA) is 0 Å². The molecule has 0 aromatic heterocycles. The van der Waals surface area contributed by atoms with E-state index < -0.39 is 0 Å². The Kier molecular flexibility index (Phi) is 2.59. The first-order valence-corrected chi connectivity index (χ1v) is 7.10. The van der Waals surface area contributed by atoms with E-state index in [1.165, 1.54) is 28.7 Å². The van der Waals surface area contributed by atoms with E-state index in [-0.39, 0.29) is 5.82 Å². The molecule has 2 aromatic carbocycles. The lowest BCUT2D eigenvalue weighted by Crippen LogP contribution is -2.05. The second-order valence-electron chi connectivity index (χ2n) is 5.48. The van der Waals surface area contributed by atoms with Gasteiger partial charge in [0.15, 0.2) is 0 Å². The molecule has 1 heteroatoms. The highest BCUT2D eigenvalue weighted by molar-refractivity contribution is 5.90. The second-order valence-corrected chi connectivity index (χ2v) is 5.48. The van der Waals surface area contributed by atoms with E-state index in [1.54, 1.807) is 12.1 Å². The number of rotatable bonds is 1. The fourth-order valence-corrected chi connectivity index (χ4v) is 3.40. The molecule has 0 saturated carbocycles. The summed E-state index contributed by atoms with van der Waals surface area (Å²) in [6.07, 6.45) is 6.85. The predicted octanol–water partition coefficient (Wildman–Crippen LogP) is 5.18. The normalized spacial score (nSPS) is 19.9. The molecule has 1 atom stereocenters. The molecular weight excluding hydrogens is 247 g/mol. The summed E-state index contributed by atoms with van der Waals surface area (Å²) in [6.45, 7) is 0. The molecule has 0 bridgehead atoms. The summed E-state index contributed by atoms with van der Waals surface area (Å²) in [6, 6.07) is 15.5. The van der Waals surface area contributed by atoms with Gasteiger partial charge < -0.3 is 0 Å². The lowest BCUT2D eigenvalue weighted by atomic mass is 9.80. The van der Waals surface area contributed by atoms with Crippen molar-refractivity contribution in [2.45, 2.75) is 18.8 Å². The smallest absolute Gasteiger partial charge is 0.123 e. The first-order valence-electron chi connectivity index (χ1n) is 7.10. The standard InChI is InChI=1S/C19H15F/c20-15-10-8-13(9-11-15)16-6-3-7-18-17-5-2-1-4-14(17)12-19(16)18/h1-2,4-6,8-12,18H,3,7H2. The molecule has 0 aliphatic heterocycles. The van der Waals surface area contributed by atoms with Crippen LogP contribution >= 0.6 is 0 Å². The van der Waals surface area contributed by atoms with Gasteiger partial charge in [0.1, 0.15) is 5.82 Å². The minimum atomic E-state index is -0.176. The molecule has 0 N–H and O–H groups in total. The molecule has 2 aliphatic carbocycles. The van der Waals surface area contributed by atoms with Crippen molar-refractivity contribution >= 4 is 11.6 Å². The minimum Gasteiger partial charge on any atom is -0.207 e. The Hall–Kier alpha value is -2.15. The van der Waals surface area contributed by atoms with Crippen molar-refractivity contribution in [3.8, 4) is 0 Å². The summed E-state index contributed by atoms with van der Waals surface area (Å²) in [4.78, 5) is 0. The fraction of sp³-hybridized carbons (Fsp3) is 0.158. The molecule has 20 heavy (non-hydrogen) atoms. The number of hydrogen-bond donors (Lipinski definition) is 0. The molecule has 2 aliphatic rings. The third kappa shape index (κ3) is 1.74. The zero-order valence-electron chi connectivity index (χ0n) is 11.1. The van der Waals surface area contributed by atoms with Gasteiger partial charge >= 0.3 is 0 Å². The molecule has 0 spiro atoms. The summed E-state index contributed by atoms with van der Waals surface area (Å²) in [5, 5.41) is 0. The number of fused-ring (bicyclic) bond motifs is 3. The van der Waals surface area contributed by atoms with Gasteiger partial charge in [0.05, 0.1) is 0 Å². The Morgan fingerprint density at radius 1 is 0.950 bits per heavy atom. The van der Waals surface area contributed by atoms with Crippen molar-refractivity contribution in [2.75, 3.05) is 0 Å². The van der Waals surface area contributed by atoms with Crippen LogP contribution in [-0.4, -0.2) is 0 Å². The minimum absolute atomic E-state index is 0.176. The molecule has 4 rings (SSSR count). The molecular formula is C19H15F. The van der Waals surface area contributed by atoms with Gasteiger partial charge in [-0.05, 0) is 52.8 Å². The SMILES string of the molecule is Fc1ccc(C2=CCCC3C2=Cc2ccccc23)cc1. The van der Waals surface area contributed by atoms with Crippen molar-refractivity contribution in [3.05, 3.63) is 82.7 Å². The third-order valence-electron chi connectivity index (χ3n) is 4.33. The molecule has 2 aromatic rings. The Morgan fingerprint density at radius 2 is 1.75 bits per heavy atom. The van der Waals surface area contributed by atoms with Gasteiger partial charge in [-0.1, -0.05) is 48.6 Å². The average molecular weight is 262 g/mol. The quantitative estimate of drug-likeness (QED) is 0.664. The van der Waals surface area contributed by atoms with Crippen molar-refractivity contribution in [1.29, 1.82) is 0 Å². The van der Waals surface area contributed by atoms with E-state index in [4.69, 9.17) is 0 Å². The maximum atomic E-state index is 13.1. The van der Waals surface area contributed by atoms with Crippen LogP contribution in [-0.2, 0) is 0 Å². The van der Waals surface area contributed by atoms with E-state index in [9.17, 15) is 4.39 Å². The van der Waals surface area contributed by atoms with Crippen LogP contribution in [0.2, 0.25) is 0 Å². The molecule has 0 saturated heterocycles. The van der Waals surface area contributed by atoms with Crippen LogP contribution in [0.4, 0.5) is 4.39 Å². The van der Waals surface area contributed by atoms with Crippen molar-refractivity contribution in [3.63, 3.8) is 0 Å². The average Bonchev–Trinajstić information content (AvgIpc) is 2.87. The largest absolute Gasteiger partial charge is 0.207 e. The highest BCUT2D eigenvalue weighted by Gasteiger charge is 2.29. The van der Waals surface area contributed by atoms with E-state index in [0.29, 0.717) is 5.92 Å². The Balaban J connectivity index is 1.80. The van der Waals surface area contributed by atoms with Crippen LogP contribution in [0.1, 0.15) is 35.4 Å². The van der Waals surface area contributed by atoms with Crippen LogP contribution in [0.3, 0.4) is 0 Å². The summed E-state index contributed by atoms with van der Waals surface area (Å²) in [7, 11) is 0. The van der Waals surface area contributed by atoms with Gasteiger partial charge in [-0.25, -0.2) is 4.39 Å². The predicted molar refractivity (Wildman–Crippen MR) is 80.8 cm³/mol. The molecule has 0 radical (unpaired) electrons. The third-order valence-corrected chi connectivity index (χ3v) is 4.33. The zero-order valence-corrected chi connectivity index (χ0v) is 11.1. The monoisotopic (exact) mass is 262 g/mol. The highest BCUT2D eigenvalue weighted by atomic mass is 19.1. The summed E-state index contributed by atoms with van der Waals surface area (Å²) < 4.78 is 13.1. The van der Waals surface area contributed by atoms with Crippen molar-refractivity contribution in [1.82, 2.24) is 0 Å². The lowest BCUT2D eigenvalue weighted by molar-refractivity contribution is 0.627. The lowest BCUT2D eigenvalue weighted by Gasteiger charge is -2.23. The Labute approximate surface area is 118 Å². The van der Waals surface area contributed by atoms with Crippen LogP contribution in [0.5, 0.6) is 0 Å². The highest BCUT2D eigenvalue weighted by Crippen LogP contribution is 2.48. The fourth-order valence-electron chi connectivity index (χ4n) is 3.40. The van der Waals surface area contributed by atoms with Crippen LogP contribution in [0, 0.1) is 5.82 Å². The van der Waals surface area contributed by atoms with Crippen LogP contribution < -0.4 is 0 Å². The first kappa shape index (κ1) is 11.7. The Morgan fingerprint density at radius 3 is 2.60 bits per heavy atom. The molecule has 1 unspecified atom stereocenters. The molecule has 0 nitrogen and oxygen atoms in total. The number of allylic oxidation sites excluding steroid dienone is 3. The number of hydrogen-bond acceptors (Lipinski definition) is 0.